The Kier molecular flexibility index (Phi) is 4.19. The van der Waals surface area contributed by atoms with Crippen LogP contribution in [0.2, 0.25) is 6.32 Å². The van der Waals surface area contributed by atoms with E-state index in [2.05, 4.69) is 5.10 Å². The molecule has 0 aliphatic heterocycles. The number of ether oxygens (including phenoxy) is 1. The summed E-state index contributed by atoms with van der Waals surface area (Å²) in [6.45, 7) is 0.590. The van der Waals surface area contributed by atoms with E-state index in [1.54, 1.807) is 12.1 Å². The number of primary amides is 1. The number of ketones is 1. The fourth-order valence-electron chi connectivity index (χ4n) is 1.77. The van der Waals surface area contributed by atoms with Crippen molar-refractivity contribution in [2.24, 2.45) is 10.8 Å². The maximum atomic E-state index is 12.2. The van der Waals surface area contributed by atoms with Crippen LogP contribution < -0.4 is 15.9 Å². The molecular weight excluding hydrogens is 257 g/mol. The van der Waals surface area contributed by atoms with Crippen LogP contribution in [0.1, 0.15) is 15.9 Å². The van der Waals surface area contributed by atoms with Crippen LogP contribution in [-0.4, -0.2) is 32.0 Å². The first-order valence-electron chi connectivity index (χ1n) is 6.24. The molecule has 0 unspecified atom stereocenters. The van der Waals surface area contributed by atoms with Crippen LogP contribution in [0, 0.1) is 0 Å². The molecule has 1 aliphatic rings. The van der Waals surface area contributed by atoms with Crippen molar-refractivity contribution in [3.05, 3.63) is 35.4 Å². The van der Waals surface area contributed by atoms with Gasteiger partial charge >= 0.3 is 6.03 Å². The summed E-state index contributed by atoms with van der Waals surface area (Å²) in [5.41, 5.74) is 8.37. The van der Waals surface area contributed by atoms with Gasteiger partial charge in [0.2, 0.25) is 5.78 Å². The molecule has 6 nitrogen and oxygen atoms in total. The highest BCUT2D eigenvalue weighted by Crippen LogP contribution is 2.23. The number of nitrogens with one attached hydrogen (secondary N) is 1. The van der Waals surface area contributed by atoms with Crippen molar-refractivity contribution < 1.29 is 14.3 Å². The number of benzene rings is 1. The zero-order chi connectivity index (χ0) is 14.5. The van der Waals surface area contributed by atoms with Crippen LogP contribution in [0.4, 0.5) is 4.79 Å². The smallest absolute Gasteiger partial charge is 0.332 e. The highest BCUT2D eigenvalue weighted by Gasteiger charge is 2.20. The van der Waals surface area contributed by atoms with Crippen LogP contribution in [-0.2, 0) is 0 Å². The van der Waals surface area contributed by atoms with Crippen molar-refractivity contribution in [2.75, 3.05) is 6.61 Å². The zero-order valence-electron chi connectivity index (χ0n) is 11.1. The Bertz CT molecular complexity index is 611. The summed E-state index contributed by atoms with van der Waals surface area (Å²) < 4.78 is 5.50. The molecule has 1 aliphatic carbocycles. The highest BCUT2D eigenvalue weighted by atomic mass is 16.5. The SMILES string of the molecule is BCCOc1ccc2c(c1)C(=O)/C(=N/NC(N)=O)C=C2. The highest BCUT2D eigenvalue weighted by molar-refractivity contribution is 6.52. The maximum Gasteiger partial charge on any atom is 0.332 e. The van der Waals surface area contributed by atoms with Gasteiger partial charge < -0.3 is 10.5 Å². The quantitative estimate of drug-likeness (QED) is 0.611. The molecule has 0 radical (unpaired) electrons. The van der Waals surface area contributed by atoms with Gasteiger partial charge in [-0.1, -0.05) is 12.1 Å². The van der Waals surface area contributed by atoms with Gasteiger partial charge in [-0.25, -0.2) is 10.2 Å². The maximum absolute atomic E-state index is 12.2. The van der Waals surface area contributed by atoms with Crippen molar-refractivity contribution in [1.82, 2.24) is 5.43 Å². The van der Waals surface area contributed by atoms with Gasteiger partial charge in [0.05, 0.1) is 6.61 Å². The molecule has 0 fully saturated rings. The lowest BCUT2D eigenvalue weighted by atomic mass is 9.95. The van der Waals surface area contributed by atoms with Gasteiger partial charge in [0.25, 0.3) is 0 Å². The molecule has 20 heavy (non-hydrogen) atoms. The molecule has 0 bridgehead atoms. The summed E-state index contributed by atoms with van der Waals surface area (Å²) in [6.07, 6.45) is 4.18. The third-order valence-corrected chi connectivity index (χ3v) is 2.68. The number of amides is 2. The molecular formula is C13H14BN3O3. The molecule has 1 aromatic carbocycles. The largest absolute Gasteiger partial charge is 0.494 e. The van der Waals surface area contributed by atoms with Crippen LogP contribution >= 0.6 is 0 Å². The molecule has 0 saturated heterocycles. The molecule has 1 aromatic rings. The lowest BCUT2D eigenvalue weighted by Crippen LogP contribution is -2.28. The lowest BCUT2D eigenvalue weighted by molar-refractivity contribution is 0.106. The Hall–Kier alpha value is -2.57. The van der Waals surface area contributed by atoms with E-state index >= 15 is 0 Å². The molecule has 7 heteroatoms. The van der Waals surface area contributed by atoms with E-state index in [-0.39, 0.29) is 11.5 Å². The number of fused-ring (bicyclic) bond motifs is 1. The van der Waals surface area contributed by atoms with Crippen molar-refractivity contribution in [1.29, 1.82) is 0 Å². The number of allylic oxidation sites excluding steroid dienone is 1. The Morgan fingerprint density at radius 3 is 2.90 bits per heavy atom. The minimum Gasteiger partial charge on any atom is -0.494 e. The predicted octanol–water partition coefficient (Wildman–Crippen LogP) is 0.351. The average Bonchev–Trinajstić information content (AvgIpc) is 2.44. The lowest BCUT2D eigenvalue weighted by Gasteiger charge is -2.13. The standard InChI is InChI=1S/C13H14BN3O3/c14-5-6-20-9-3-1-8-2-4-11(16-17-13(15)19)12(18)10(8)7-9/h1-4,7H,5-6,14H2,(H3,15,17,19)/b16-11+. The zero-order valence-corrected chi connectivity index (χ0v) is 11.1. The first kappa shape index (κ1) is 13.9. The van der Waals surface area contributed by atoms with Gasteiger partial charge in [0.15, 0.2) is 0 Å². The number of rotatable bonds is 4. The number of hydrogen-bond acceptors (Lipinski definition) is 4. The Morgan fingerprint density at radius 2 is 2.20 bits per heavy atom. The molecule has 102 valence electrons. The van der Waals surface area contributed by atoms with Crippen LogP contribution in [0.25, 0.3) is 6.08 Å². The number of hydrazone groups is 1. The van der Waals surface area contributed by atoms with Gasteiger partial charge in [-0.2, -0.15) is 5.10 Å². The van der Waals surface area contributed by atoms with Gasteiger partial charge in [-0.3, -0.25) is 4.79 Å². The summed E-state index contributed by atoms with van der Waals surface area (Å²) in [4.78, 5) is 22.8. The second-order valence-corrected chi connectivity index (χ2v) is 4.23. The number of urea groups is 1. The third kappa shape index (κ3) is 3.06. The van der Waals surface area contributed by atoms with Gasteiger partial charge in [0.1, 0.15) is 19.3 Å². The van der Waals surface area contributed by atoms with Crippen molar-refractivity contribution in [3.8, 4) is 5.75 Å². The number of carbonyl (C=O) groups excluding carboxylic acids is 2. The molecule has 0 spiro atoms. The van der Waals surface area contributed by atoms with Crippen molar-refractivity contribution in [2.45, 2.75) is 6.32 Å². The normalized spacial score (nSPS) is 15.0. The van der Waals surface area contributed by atoms with Gasteiger partial charge in [-0.15, -0.1) is 0 Å². The van der Waals surface area contributed by atoms with E-state index in [0.717, 1.165) is 11.9 Å². The molecule has 2 amide bonds. The number of nitrogens with two attached hydrogens (primary N) is 1. The van der Waals surface area contributed by atoms with E-state index in [0.29, 0.717) is 17.9 Å². The molecule has 0 atom stereocenters. The molecule has 3 N–H and O–H groups in total. The first-order chi connectivity index (χ1) is 9.61. The van der Waals surface area contributed by atoms with E-state index in [1.165, 1.54) is 6.08 Å². The van der Waals surface area contributed by atoms with Gasteiger partial charge in [-0.05, 0) is 30.1 Å². The Labute approximate surface area is 117 Å². The van der Waals surface area contributed by atoms with E-state index in [4.69, 9.17) is 10.5 Å². The Morgan fingerprint density at radius 1 is 1.40 bits per heavy atom. The minimum absolute atomic E-state index is 0.129. The van der Waals surface area contributed by atoms with E-state index in [9.17, 15) is 9.59 Å². The summed E-state index contributed by atoms with van der Waals surface area (Å²) in [6, 6.07) is 4.49. The van der Waals surface area contributed by atoms with Crippen LogP contribution in [0.15, 0.2) is 29.4 Å². The summed E-state index contributed by atoms with van der Waals surface area (Å²) in [5, 5.41) is 3.67. The second-order valence-electron chi connectivity index (χ2n) is 4.23. The predicted molar refractivity (Wildman–Crippen MR) is 78.8 cm³/mol. The Balaban J connectivity index is 2.27. The molecule has 0 saturated carbocycles. The number of hydrogen-bond donors (Lipinski definition) is 2. The van der Waals surface area contributed by atoms with Crippen molar-refractivity contribution in [3.63, 3.8) is 0 Å². The number of Topliss-reactive ketones (excluding diaryl/α,β-unsaturated/α-hetero) is 1. The summed E-state index contributed by atoms with van der Waals surface area (Å²) >= 11 is 0. The van der Waals surface area contributed by atoms with Crippen LogP contribution in [0.3, 0.4) is 0 Å². The minimum atomic E-state index is -0.815. The molecule has 0 heterocycles. The number of nitrogens with zero attached hydrogens (tertiary/aromatic N) is 1. The van der Waals surface area contributed by atoms with Crippen molar-refractivity contribution >= 4 is 31.4 Å². The monoisotopic (exact) mass is 271 g/mol. The van der Waals surface area contributed by atoms with Gasteiger partial charge in [0, 0.05) is 5.56 Å². The third-order valence-electron chi connectivity index (χ3n) is 2.68. The summed E-state index contributed by atoms with van der Waals surface area (Å²) in [5.74, 6) is 0.356. The molecule has 0 aromatic heterocycles. The summed E-state index contributed by atoms with van der Waals surface area (Å²) in [7, 11) is 2.01. The van der Waals surface area contributed by atoms with E-state index < -0.39 is 6.03 Å². The fourth-order valence-corrected chi connectivity index (χ4v) is 1.77. The molecule has 2 rings (SSSR count). The number of carbonyl (C=O) groups is 2. The first-order valence-corrected chi connectivity index (χ1v) is 6.24. The van der Waals surface area contributed by atoms with E-state index in [1.807, 2.05) is 25.4 Å². The average molecular weight is 271 g/mol. The van der Waals surface area contributed by atoms with Crippen LogP contribution in [0.5, 0.6) is 5.75 Å². The second kappa shape index (κ2) is 6.05. The topological polar surface area (TPSA) is 93.8 Å². The fraction of sp³-hybridized carbons (Fsp3) is 0.154.